The molecule has 42 heavy (non-hydrogen) atoms. The third-order valence-electron chi connectivity index (χ3n) is 6.38. The van der Waals surface area contributed by atoms with E-state index in [2.05, 4.69) is 31.5 Å². The molecule has 3 aromatic rings. The molecule has 1 atom stereocenters. The number of esters is 1. The van der Waals surface area contributed by atoms with Crippen molar-refractivity contribution >= 4 is 18.0 Å². The van der Waals surface area contributed by atoms with Gasteiger partial charge in [-0.2, -0.15) is 0 Å². The van der Waals surface area contributed by atoms with Crippen molar-refractivity contribution in [3.8, 4) is 0 Å². The molecular formula is C29H39N7O6. The number of alkyl carbamates (subject to hydrolysis) is 1. The zero-order valence-electron chi connectivity index (χ0n) is 24.2. The van der Waals surface area contributed by atoms with E-state index in [0.29, 0.717) is 37.4 Å². The minimum absolute atomic E-state index is 0.00606. The van der Waals surface area contributed by atoms with Crippen LogP contribution in [0.25, 0.3) is 0 Å². The first-order chi connectivity index (χ1) is 20.3. The molecule has 0 aliphatic heterocycles. The maximum Gasteiger partial charge on any atom is 0.407 e. The SMILES string of the molecule is CNC(C)(C)C(=O)N[C@H](COCc1ccccc1)c1nnnn1CCOC(=O)NCCCCOC(=O)c1ccccc1. The van der Waals surface area contributed by atoms with Crippen LogP contribution in [0.5, 0.6) is 0 Å². The molecule has 0 saturated carbocycles. The van der Waals surface area contributed by atoms with Gasteiger partial charge in [0.2, 0.25) is 5.91 Å². The molecule has 13 heteroatoms. The summed E-state index contributed by atoms with van der Waals surface area (Å²) in [6.07, 6.45) is 0.621. The van der Waals surface area contributed by atoms with Gasteiger partial charge >= 0.3 is 12.1 Å². The van der Waals surface area contributed by atoms with Gasteiger partial charge in [-0.05, 0) is 61.9 Å². The number of ether oxygens (including phenoxy) is 3. The second-order valence-electron chi connectivity index (χ2n) is 9.93. The van der Waals surface area contributed by atoms with E-state index >= 15 is 0 Å². The normalized spacial score (nSPS) is 11.9. The van der Waals surface area contributed by atoms with Gasteiger partial charge in [-0.15, -0.1) is 5.10 Å². The molecule has 13 nitrogen and oxygen atoms in total. The second-order valence-corrected chi connectivity index (χ2v) is 9.93. The number of likely N-dealkylation sites (N-methyl/N-ethyl adjacent to an activating group) is 1. The first kappa shape index (κ1) is 32.2. The number of tetrazole rings is 1. The van der Waals surface area contributed by atoms with Gasteiger partial charge in [-0.25, -0.2) is 14.3 Å². The number of unbranched alkanes of at least 4 members (excludes halogenated alkanes) is 1. The van der Waals surface area contributed by atoms with Crippen molar-refractivity contribution in [2.45, 2.75) is 51.4 Å². The first-order valence-corrected chi connectivity index (χ1v) is 13.8. The van der Waals surface area contributed by atoms with E-state index < -0.39 is 17.7 Å². The molecule has 0 saturated heterocycles. The molecule has 3 rings (SSSR count). The fraction of sp³-hybridized carbons (Fsp3) is 0.448. The Morgan fingerprint density at radius 3 is 2.38 bits per heavy atom. The highest BCUT2D eigenvalue weighted by molar-refractivity contribution is 5.89. The molecule has 1 aromatic heterocycles. The smallest absolute Gasteiger partial charge is 0.407 e. The fourth-order valence-electron chi connectivity index (χ4n) is 3.64. The van der Waals surface area contributed by atoms with Crippen LogP contribution in [0.4, 0.5) is 4.79 Å². The molecule has 3 N–H and O–H groups in total. The highest BCUT2D eigenvalue weighted by Crippen LogP contribution is 2.14. The Labute approximate surface area is 245 Å². The average Bonchev–Trinajstić information content (AvgIpc) is 3.47. The van der Waals surface area contributed by atoms with Crippen LogP contribution in [0.2, 0.25) is 0 Å². The Balaban J connectivity index is 1.42. The molecular weight excluding hydrogens is 542 g/mol. The highest BCUT2D eigenvalue weighted by atomic mass is 16.5. The molecule has 0 spiro atoms. The Hall–Kier alpha value is -4.36. The molecule has 0 unspecified atom stereocenters. The quantitative estimate of drug-likeness (QED) is 0.160. The number of carbonyl (C=O) groups is 3. The highest BCUT2D eigenvalue weighted by Gasteiger charge is 2.30. The van der Waals surface area contributed by atoms with Crippen molar-refractivity contribution in [1.29, 1.82) is 0 Å². The van der Waals surface area contributed by atoms with Crippen molar-refractivity contribution in [1.82, 2.24) is 36.2 Å². The summed E-state index contributed by atoms with van der Waals surface area (Å²) in [5.41, 5.74) is 0.659. The summed E-state index contributed by atoms with van der Waals surface area (Å²) in [5.74, 6) is -0.254. The molecule has 0 radical (unpaired) electrons. The third kappa shape index (κ3) is 10.6. The summed E-state index contributed by atoms with van der Waals surface area (Å²) >= 11 is 0. The minimum Gasteiger partial charge on any atom is -0.462 e. The summed E-state index contributed by atoms with van der Waals surface area (Å²) in [4.78, 5) is 37.0. The molecule has 0 aliphatic rings. The molecule has 0 aliphatic carbocycles. The summed E-state index contributed by atoms with van der Waals surface area (Å²) < 4.78 is 17.8. The number of amides is 2. The minimum atomic E-state index is -0.833. The number of nitrogens with one attached hydrogen (secondary N) is 3. The van der Waals surface area contributed by atoms with Crippen LogP contribution in [0, 0.1) is 0 Å². The number of carbonyl (C=O) groups excluding carboxylic acids is 3. The summed E-state index contributed by atoms with van der Waals surface area (Å²) in [6.45, 7) is 4.80. The lowest BCUT2D eigenvalue weighted by Gasteiger charge is -2.26. The number of aromatic nitrogens is 4. The van der Waals surface area contributed by atoms with Gasteiger partial charge in [0.1, 0.15) is 12.6 Å². The van der Waals surface area contributed by atoms with Crippen molar-refractivity contribution in [3.05, 3.63) is 77.6 Å². The van der Waals surface area contributed by atoms with Gasteiger partial charge < -0.3 is 30.2 Å². The van der Waals surface area contributed by atoms with Gasteiger partial charge in [0.25, 0.3) is 0 Å². The Bertz CT molecular complexity index is 1250. The maximum atomic E-state index is 12.9. The molecule has 0 fully saturated rings. The molecule has 1 heterocycles. The molecule has 2 amide bonds. The number of nitrogens with zero attached hydrogens (tertiary/aromatic N) is 4. The Morgan fingerprint density at radius 1 is 0.952 bits per heavy atom. The van der Waals surface area contributed by atoms with Crippen LogP contribution >= 0.6 is 0 Å². The van der Waals surface area contributed by atoms with Crippen molar-refractivity contribution in [2.75, 3.05) is 33.4 Å². The standard InChI is InChI=1S/C29H39N7O6/c1-29(2,30-3)27(38)32-24(21-40-20-22-12-6-4-7-13-22)25-33-34-35-36(25)17-19-42-28(39)31-16-10-11-18-41-26(37)23-14-8-5-9-15-23/h4-9,12-15,24,30H,10-11,16-21H2,1-3H3,(H,31,39)(H,32,38)/t24-/m1/s1. The third-order valence-corrected chi connectivity index (χ3v) is 6.38. The zero-order valence-corrected chi connectivity index (χ0v) is 24.2. The van der Waals surface area contributed by atoms with Crippen LogP contribution in [0.3, 0.4) is 0 Å². The Morgan fingerprint density at radius 2 is 1.67 bits per heavy atom. The largest absolute Gasteiger partial charge is 0.462 e. The van der Waals surface area contributed by atoms with Crippen LogP contribution in [0.1, 0.15) is 54.5 Å². The lowest BCUT2D eigenvalue weighted by Crippen LogP contribution is -2.52. The summed E-state index contributed by atoms with van der Waals surface area (Å²) in [5, 5.41) is 20.5. The van der Waals surface area contributed by atoms with Gasteiger partial charge in [0, 0.05) is 6.54 Å². The molecule has 226 valence electrons. The van der Waals surface area contributed by atoms with E-state index in [9.17, 15) is 14.4 Å². The Kier molecular flexibility index (Phi) is 12.9. The number of hydrogen-bond donors (Lipinski definition) is 3. The summed E-state index contributed by atoms with van der Waals surface area (Å²) in [6, 6.07) is 17.8. The number of rotatable bonds is 17. The van der Waals surface area contributed by atoms with E-state index in [1.165, 1.54) is 4.68 Å². The monoisotopic (exact) mass is 581 g/mol. The van der Waals surface area contributed by atoms with Crippen LogP contribution in [0.15, 0.2) is 60.7 Å². The number of hydrogen-bond acceptors (Lipinski definition) is 10. The van der Waals surface area contributed by atoms with Crippen molar-refractivity contribution in [2.24, 2.45) is 0 Å². The van der Waals surface area contributed by atoms with Crippen LogP contribution < -0.4 is 16.0 Å². The topological polar surface area (TPSA) is 159 Å². The van der Waals surface area contributed by atoms with Crippen molar-refractivity contribution < 1.29 is 28.6 Å². The van der Waals surface area contributed by atoms with E-state index in [4.69, 9.17) is 14.2 Å². The van der Waals surface area contributed by atoms with E-state index in [-0.39, 0.29) is 38.2 Å². The lowest BCUT2D eigenvalue weighted by molar-refractivity contribution is -0.127. The van der Waals surface area contributed by atoms with Gasteiger partial charge in [-0.1, -0.05) is 48.5 Å². The molecule has 2 aromatic carbocycles. The predicted octanol–water partition coefficient (Wildman–Crippen LogP) is 2.41. The van der Waals surface area contributed by atoms with Crippen LogP contribution in [-0.4, -0.2) is 77.1 Å². The van der Waals surface area contributed by atoms with E-state index in [1.54, 1.807) is 45.2 Å². The number of benzene rings is 2. The van der Waals surface area contributed by atoms with Gasteiger partial charge in [-0.3, -0.25) is 4.79 Å². The van der Waals surface area contributed by atoms with E-state index in [0.717, 1.165) is 5.56 Å². The van der Waals surface area contributed by atoms with Gasteiger partial charge in [0.15, 0.2) is 5.82 Å². The summed E-state index contributed by atoms with van der Waals surface area (Å²) in [7, 11) is 1.70. The lowest BCUT2D eigenvalue weighted by atomic mass is 10.0. The first-order valence-electron chi connectivity index (χ1n) is 13.8. The second kappa shape index (κ2) is 16.8. The zero-order chi connectivity index (χ0) is 30.2. The van der Waals surface area contributed by atoms with Gasteiger partial charge in [0.05, 0.1) is 37.5 Å². The maximum absolute atomic E-state index is 12.9. The fourth-order valence-corrected chi connectivity index (χ4v) is 3.64. The van der Waals surface area contributed by atoms with Crippen LogP contribution in [-0.2, 0) is 32.2 Å². The molecule has 0 bridgehead atoms. The predicted molar refractivity (Wildman–Crippen MR) is 153 cm³/mol. The average molecular weight is 582 g/mol. The van der Waals surface area contributed by atoms with Crippen molar-refractivity contribution in [3.63, 3.8) is 0 Å². The van der Waals surface area contributed by atoms with E-state index in [1.807, 2.05) is 36.4 Å².